The Morgan fingerprint density at radius 3 is 2.31 bits per heavy atom. The van der Waals surface area contributed by atoms with E-state index in [1.807, 2.05) is 58.8 Å². The number of hydrogen-bond acceptors (Lipinski definition) is 8. The molecule has 204 valence electrons. The van der Waals surface area contributed by atoms with E-state index in [4.69, 9.17) is 14.3 Å². The number of amides is 1. The van der Waals surface area contributed by atoms with Gasteiger partial charge in [0.2, 0.25) is 5.91 Å². The molecular formula is C27H27N3O6S3. The van der Waals surface area contributed by atoms with Crippen LogP contribution >= 0.6 is 22.7 Å². The van der Waals surface area contributed by atoms with Gasteiger partial charge in [-0.3, -0.25) is 18.9 Å². The molecule has 2 aromatic carbocycles. The van der Waals surface area contributed by atoms with Gasteiger partial charge in [0.25, 0.3) is 0 Å². The molecule has 0 spiro atoms. The van der Waals surface area contributed by atoms with Crippen LogP contribution in [0.5, 0.6) is 0 Å². The molecule has 2 heterocycles. The van der Waals surface area contributed by atoms with Gasteiger partial charge in [-0.15, -0.1) is 22.7 Å². The van der Waals surface area contributed by atoms with Crippen LogP contribution in [-0.2, 0) is 37.5 Å². The summed E-state index contributed by atoms with van der Waals surface area (Å²) in [6, 6.07) is 17.1. The second kappa shape index (κ2) is 12.5. The van der Waals surface area contributed by atoms with Crippen molar-refractivity contribution in [3.63, 3.8) is 0 Å². The van der Waals surface area contributed by atoms with Crippen molar-refractivity contribution in [2.24, 2.45) is 5.92 Å². The molecule has 3 N–H and O–H groups in total. The molecule has 0 aliphatic heterocycles. The SMILES string of the molecule is COC(=O)[C@@H](Cc1ccccc1)C(=O)N[C@@H](Cc1ccc(NS(=O)(=O)O)cc1)c1csc(-c2sccc2C)n1. The summed E-state index contributed by atoms with van der Waals surface area (Å²) in [5.74, 6) is -2.18. The zero-order valence-corrected chi connectivity index (χ0v) is 23.6. The maximum Gasteiger partial charge on any atom is 0.357 e. The molecular weight excluding hydrogens is 559 g/mol. The predicted molar refractivity (Wildman–Crippen MR) is 152 cm³/mol. The van der Waals surface area contributed by atoms with Crippen molar-refractivity contribution in [3.8, 4) is 9.88 Å². The highest BCUT2D eigenvalue weighted by Gasteiger charge is 2.31. The highest BCUT2D eigenvalue weighted by atomic mass is 32.2. The lowest BCUT2D eigenvalue weighted by molar-refractivity contribution is -0.150. The Morgan fingerprint density at radius 1 is 1.00 bits per heavy atom. The van der Waals surface area contributed by atoms with E-state index in [2.05, 4.69) is 5.32 Å². The molecule has 0 fully saturated rings. The van der Waals surface area contributed by atoms with Crippen LogP contribution in [-0.4, -0.2) is 36.9 Å². The van der Waals surface area contributed by atoms with E-state index in [9.17, 15) is 18.0 Å². The Balaban J connectivity index is 1.61. The maximum atomic E-state index is 13.5. The number of aromatic nitrogens is 1. The number of carbonyl (C=O) groups is 2. The first kappa shape index (κ1) is 28.4. The van der Waals surface area contributed by atoms with E-state index in [-0.39, 0.29) is 12.1 Å². The number of rotatable bonds is 11. The van der Waals surface area contributed by atoms with E-state index in [0.717, 1.165) is 26.6 Å². The normalized spacial score (nSPS) is 12.9. The minimum Gasteiger partial charge on any atom is -0.468 e. The van der Waals surface area contributed by atoms with Crippen molar-refractivity contribution in [2.75, 3.05) is 11.8 Å². The lowest BCUT2D eigenvalue weighted by Gasteiger charge is -2.21. The van der Waals surface area contributed by atoms with Gasteiger partial charge in [0, 0.05) is 5.38 Å². The molecule has 0 saturated heterocycles. The average molecular weight is 586 g/mol. The van der Waals surface area contributed by atoms with E-state index in [1.165, 1.54) is 30.6 Å². The fraction of sp³-hybridized carbons (Fsp3) is 0.222. The summed E-state index contributed by atoms with van der Waals surface area (Å²) in [7, 11) is -3.15. The number of thiophene rings is 1. The molecule has 39 heavy (non-hydrogen) atoms. The first-order valence-corrected chi connectivity index (χ1v) is 15.1. The molecule has 2 atom stereocenters. The van der Waals surface area contributed by atoms with Crippen LogP contribution in [0.3, 0.4) is 0 Å². The lowest BCUT2D eigenvalue weighted by atomic mass is 9.97. The monoisotopic (exact) mass is 585 g/mol. The minimum atomic E-state index is -4.40. The highest BCUT2D eigenvalue weighted by Crippen LogP contribution is 2.33. The fourth-order valence-corrected chi connectivity index (χ4v) is 6.42. The Morgan fingerprint density at radius 2 is 1.69 bits per heavy atom. The summed E-state index contributed by atoms with van der Waals surface area (Å²) in [6.45, 7) is 2.01. The number of aryl methyl sites for hydroxylation is 1. The predicted octanol–water partition coefficient (Wildman–Crippen LogP) is 4.83. The molecule has 1 amide bonds. The third-order valence-electron chi connectivity index (χ3n) is 5.98. The van der Waals surface area contributed by atoms with Gasteiger partial charge in [0.05, 0.1) is 29.4 Å². The van der Waals surface area contributed by atoms with E-state index < -0.39 is 34.1 Å². The lowest BCUT2D eigenvalue weighted by Crippen LogP contribution is -2.40. The van der Waals surface area contributed by atoms with Crippen molar-refractivity contribution in [2.45, 2.75) is 25.8 Å². The van der Waals surface area contributed by atoms with Crippen LogP contribution < -0.4 is 10.0 Å². The molecule has 0 unspecified atom stereocenters. The van der Waals surface area contributed by atoms with Crippen LogP contribution in [0.1, 0.15) is 28.4 Å². The van der Waals surface area contributed by atoms with Gasteiger partial charge >= 0.3 is 16.3 Å². The van der Waals surface area contributed by atoms with Crippen molar-refractivity contribution in [1.82, 2.24) is 10.3 Å². The fourth-order valence-electron chi connectivity index (χ4n) is 4.01. The summed E-state index contributed by atoms with van der Waals surface area (Å²) in [5.41, 5.74) is 3.54. The largest absolute Gasteiger partial charge is 0.468 e. The average Bonchev–Trinajstić information content (AvgIpc) is 3.56. The van der Waals surface area contributed by atoms with Gasteiger partial charge in [-0.25, -0.2) is 4.98 Å². The summed E-state index contributed by atoms with van der Waals surface area (Å²) in [4.78, 5) is 32.0. The van der Waals surface area contributed by atoms with Crippen molar-refractivity contribution in [1.29, 1.82) is 0 Å². The van der Waals surface area contributed by atoms with Crippen LogP contribution in [0.4, 0.5) is 5.69 Å². The molecule has 4 aromatic rings. The molecule has 0 aliphatic rings. The number of esters is 1. The van der Waals surface area contributed by atoms with E-state index in [1.54, 1.807) is 23.5 Å². The number of ether oxygens (including phenoxy) is 1. The molecule has 0 bridgehead atoms. The number of anilines is 1. The smallest absolute Gasteiger partial charge is 0.357 e. The van der Waals surface area contributed by atoms with E-state index in [0.29, 0.717) is 12.1 Å². The van der Waals surface area contributed by atoms with Crippen LogP contribution in [0.2, 0.25) is 0 Å². The van der Waals surface area contributed by atoms with E-state index >= 15 is 0 Å². The molecule has 0 aliphatic carbocycles. The summed E-state index contributed by atoms with van der Waals surface area (Å²) in [6.07, 6.45) is 0.502. The second-order valence-electron chi connectivity index (χ2n) is 8.82. The minimum absolute atomic E-state index is 0.179. The van der Waals surface area contributed by atoms with Crippen molar-refractivity contribution in [3.05, 3.63) is 93.8 Å². The van der Waals surface area contributed by atoms with Crippen LogP contribution in [0.15, 0.2) is 71.4 Å². The number of methoxy groups -OCH3 is 1. The number of hydrogen-bond donors (Lipinski definition) is 3. The Bertz CT molecular complexity index is 1530. The first-order valence-electron chi connectivity index (χ1n) is 11.9. The third kappa shape index (κ3) is 7.73. The maximum absolute atomic E-state index is 13.5. The second-order valence-corrected chi connectivity index (χ2v) is 11.7. The van der Waals surface area contributed by atoms with Crippen molar-refractivity contribution < 1.29 is 27.3 Å². The molecule has 9 nitrogen and oxygen atoms in total. The van der Waals surface area contributed by atoms with Crippen LogP contribution in [0, 0.1) is 12.8 Å². The zero-order valence-electron chi connectivity index (χ0n) is 21.2. The Kier molecular flexibility index (Phi) is 9.12. The number of nitrogens with zero attached hydrogens (tertiary/aromatic N) is 1. The van der Waals surface area contributed by atoms with Crippen LogP contribution in [0.25, 0.3) is 9.88 Å². The summed E-state index contributed by atoms with van der Waals surface area (Å²) in [5, 5.41) is 7.72. The van der Waals surface area contributed by atoms with Crippen molar-refractivity contribution >= 4 is 50.5 Å². The zero-order chi connectivity index (χ0) is 28.0. The number of carbonyl (C=O) groups excluding carboxylic acids is 2. The Hall–Kier alpha value is -3.58. The Labute approximate surface area is 234 Å². The topological polar surface area (TPSA) is 135 Å². The number of thiazole rings is 1. The van der Waals surface area contributed by atoms with Gasteiger partial charge < -0.3 is 10.1 Å². The highest BCUT2D eigenvalue weighted by molar-refractivity contribution is 7.87. The van der Waals surface area contributed by atoms with Gasteiger partial charge in [-0.05, 0) is 60.0 Å². The van der Waals surface area contributed by atoms with Gasteiger partial charge in [-0.1, -0.05) is 42.5 Å². The number of benzene rings is 2. The molecule has 2 aromatic heterocycles. The third-order valence-corrected chi connectivity index (χ3v) is 8.50. The molecule has 0 saturated carbocycles. The quantitative estimate of drug-likeness (QED) is 0.130. The van der Waals surface area contributed by atoms with Gasteiger partial charge in [-0.2, -0.15) is 8.42 Å². The first-order chi connectivity index (χ1) is 18.6. The van der Waals surface area contributed by atoms with Gasteiger partial charge in [0.15, 0.2) is 0 Å². The van der Waals surface area contributed by atoms with Gasteiger partial charge in [0.1, 0.15) is 10.9 Å². The number of nitrogens with one attached hydrogen (secondary N) is 2. The standard InChI is InChI=1S/C27H27N3O6S3/c1-17-12-13-37-24(17)26-29-23(16-38-26)22(15-19-8-10-20(11-9-19)30-39(33,34)35)28-25(31)21(27(32)36-2)14-18-6-4-3-5-7-18/h3-13,16,21-22,30H,14-15H2,1-2H3,(H,28,31)(H,33,34,35)/t21-,22-/m0/s1. The summed E-state index contributed by atoms with van der Waals surface area (Å²) >= 11 is 3.06. The molecule has 4 rings (SSSR count). The molecule has 0 radical (unpaired) electrons. The molecule has 12 heteroatoms. The summed E-state index contributed by atoms with van der Waals surface area (Å²) < 4.78 is 38.2.